The summed E-state index contributed by atoms with van der Waals surface area (Å²) in [6, 6.07) is 8.78. The van der Waals surface area contributed by atoms with Crippen LogP contribution in [0.4, 0.5) is 4.39 Å². The fraction of sp³-hybridized carbons (Fsp3) is 0.250. The lowest BCUT2D eigenvalue weighted by atomic mass is 9.94. The lowest BCUT2D eigenvalue weighted by Crippen LogP contribution is -2.38. The first-order valence-corrected chi connectivity index (χ1v) is 6.67. The number of nitrogens with one attached hydrogen (secondary N) is 1. The normalized spacial score (nSPS) is 11.2. The van der Waals surface area contributed by atoms with Crippen molar-refractivity contribution in [3.63, 3.8) is 0 Å². The molecule has 0 bridgehead atoms. The molecule has 2 N–H and O–H groups in total. The van der Waals surface area contributed by atoms with Gasteiger partial charge in [0.25, 0.3) is 5.91 Å². The number of halogens is 1. The summed E-state index contributed by atoms with van der Waals surface area (Å²) >= 11 is 0. The SMILES string of the molecule is CC(C)(CNC(=O)c1ccc(-c2ccc(F)cc2)o1)C(=O)O. The minimum atomic E-state index is -1.07. The van der Waals surface area contributed by atoms with Gasteiger partial charge in [-0.25, -0.2) is 4.39 Å². The first kappa shape index (κ1) is 15.8. The Morgan fingerprint density at radius 3 is 2.41 bits per heavy atom. The van der Waals surface area contributed by atoms with Gasteiger partial charge in [0.1, 0.15) is 11.6 Å². The van der Waals surface area contributed by atoms with E-state index in [0.29, 0.717) is 11.3 Å². The second-order valence-corrected chi connectivity index (χ2v) is 5.54. The van der Waals surface area contributed by atoms with Crippen molar-refractivity contribution in [1.82, 2.24) is 5.32 Å². The number of carbonyl (C=O) groups is 2. The van der Waals surface area contributed by atoms with Crippen LogP contribution in [-0.2, 0) is 4.79 Å². The second kappa shape index (κ2) is 6.01. The highest BCUT2D eigenvalue weighted by atomic mass is 19.1. The molecular weight excluding hydrogens is 289 g/mol. The molecule has 0 saturated carbocycles. The molecule has 0 saturated heterocycles. The molecule has 6 heteroatoms. The van der Waals surface area contributed by atoms with Gasteiger partial charge in [-0.3, -0.25) is 9.59 Å². The number of hydrogen-bond acceptors (Lipinski definition) is 3. The zero-order valence-corrected chi connectivity index (χ0v) is 12.2. The highest BCUT2D eigenvalue weighted by molar-refractivity contribution is 5.92. The van der Waals surface area contributed by atoms with Crippen LogP contribution < -0.4 is 5.32 Å². The van der Waals surface area contributed by atoms with Crippen LogP contribution in [0.15, 0.2) is 40.8 Å². The maximum atomic E-state index is 12.9. The third-order valence-corrected chi connectivity index (χ3v) is 3.23. The van der Waals surface area contributed by atoms with Crippen LogP contribution in [0.25, 0.3) is 11.3 Å². The van der Waals surface area contributed by atoms with Gasteiger partial charge in [0.05, 0.1) is 5.41 Å². The van der Waals surface area contributed by atoms with Crippen molar-refractivity contribution in [2.45, 2.75) is 13.8 Å². The van der Waals surface area contributed by atoms with Crippen LogP contribution in [0.2, 0.25) is 0 Å². The molecule has 0 spiro atoms. The van der Waals surface area contributed by atoms with Crippen LogP contribution in [0, 0.1) is 11.2 Å². The summed E-state index contributed by atoms with van der Waals surface area (Å²) in [5.74, 6) is -1.35. The van der Waals surface area contributed by atoms with Crippen LogP contribution in [0.1, 0.15) is 24.4 Å². The molecule has 1 amide bonds. The van der Waals surface area contributed by atoms with Crippen molar-refractivity contribution in [1.29, 1.82) is 0 Å². The summed E-state index contributed by atoms with van der Waals surface area (Å²) in [5.41, 5.74) is -0.423. The number of benzene rings is 1. The summed E-state index contributed by atoms with van der Waals surface area (Å²) < 4.78 is 18.3. The van der Waals surface area contributed by atoms with Crippen LogP contribution in [0.3, 0.4) is 0 Å². The lowest BCUT2D eigenvalue weighted by molar-refractivity contribution is -0.146. The molecule has 0 aliphatic carbocycles. The average Bonchev–Trinajstić information content (AvgIpc) is 2.95. The van der Waals surface area contributed by atoms with Crippen molar-refractivity contribution < 1.29 is 23.5 Å². The van der Waals surface area contributed by atoms with Crippen molar-refractivity contribution >= 4 is 11.9 Å². The van der Waals surface area contributed by atoms with Crippen LogP contribution in [0.5, 0.6) is 0 Å². The van der Waals surface area contributed by atoms with Gasteiger partial charge in [-0.1, -0.05) is 0 Å². The monoisotopic (exact) mass is 305 g/mol. The Labute approximate surface area is 126 Å². The highest BCUT2D eigenvalue weighted by Gasteiger charge is 2.28. The summed E-state index contributed by atoms with van der Waals surface area (Å²) in [7, 11) is 0. The van der Waals surface area contributed by atoms with E-state index in [1.165, 1.54) is 32.0 Å². The van der Waals surface area contributed by atoms with Gasteiger partial charge in [-0.05, 0) is 50.2 Å². The topological polar surface area (TPSA) is 79.5 Å². The summed E-state index contributed by atoms with van der Waals surface area (Å²) in [4.78, 5) is 22.9. The van der Waals surface area contributed by atoms with E-state index in [4.69, 9.17) is 9.52 Å². The molecule has 0 aliphatic heterocycles. The third kappa shape index (κ3) is 3.52. The van der Waals surface area contributed by atoms with E-state index < -0.39 is 17.3 Å². The number of rotatable bonds is 5. The second-order valence-electron chi connectivity index (χ2n) is 5.54. The lowest BCUT2D eigenvalue weighted by Gasteiger charge is -2.18. The van der Waals surface area contributed by atoms with E-state index >= 15 is 0 Å². The van der Waals surface area contributed by atoms with E-state index in [9.17, 15) is 14.0 Å². The fourth-order valence-corrected chi connectivity index (χ4v) is 1.69. The molecule has 0 unspecified atom stereocenters. The molecular formula is C16H16FNO4. The maximum absolute atomic E-state index is 12.9. The highest BCUT2D eigenvalue weighted by Crippen LogP contribution is 2.22. The molecule has 0 aliphatic rings. The van der Waals surface area contributed by atoms with E-state index in [-0.39, 0.29) is 18.1 Å². The number of carboxylic acid groups (broad SMARTS) is 1. The van der Waals surface area contributed by atoms with Crippen molar-refractivity contribution in [2.24, 2.45) is 5.41 Å². The number of amides is 1. The smallest absolute Gasteiger partial charge is 0.310 e. The first-order chi connectivity index (χ1) is 10.3. The Balaban J connectivity index is 2.06. The Morgan fingerprint density at radius 1 is 1.18 bits per heavy atom. The summed E-state index contributed by atoms with van der Waals surface area (Å²) in [5, 5.41) is 11.5. The van der Waals surface area contributed by atoms with Crippen molar-refractivity contribution in [3.8, 4) is 11.3 Å². The number of aliphatic carboxylic acids is 1. The molecule has 1 aromatic carbocycles. The molecule has 0 radical (unpaired) electrons. The maximum Gasteiger partial charge on any atom is 0.310 e. The van der Waals surface area contributed by atoms with Crippen molar-refractivity contribution in [3.05, 3.63) is 48.0 Å². The van der Waals surface area contributed by atoms with E-state index in [1.807, 2.05) is 0 Å². The van der Waals surface area contributed by atoms with Gasteiger partial charge < -0.3 is 14.8 Å². The summed E-state index contributed by atoms with van der Waals surface area (Å²) in [6.45, 7) is 3.01. The molecule has 1 aromatic heterocycles. The van der Waals surface area contributed by atoms with Gasteiger partial charge in [0.2, 0.25) is 0 Å². The van der Waals surface area contributed by atoms with Gasteiger partial charge in [0.15, 0.2) is 5.76 Å². The summed E-state index contributed by atoms with van der Waals surface area (Å²) in [6.07, 6.45) is 0. The van der Waals surface area contributed by atoms with Gasteiger partial charge in [0, 0.05) is 12.1 Å². The van der Waals surface area contributed by atoms with Gasteiger partial charge >= 0.3 is 5.97 Å². The third-order valence-electron chi connectivity index (χ3n) is 3.23. The fourth-order valence-electron chi connectivity index (χ4n) is 1.69. The molecule has 2 aromatic rings. The van der Waals surface area contributed by atoms with Gasteiger partial charge in [-0.2, -0.15) is 0 Å². The number of carboxylic acids is 1. The molecule has 1 heterocycles. The Morgan fingerprint density at radius 2 is 1.82 bits per heavy atom. The Bertz CT molecular complexity index is 688. The molecule has 5 nitrogen and oxygen atoms in total. The van der Waals surface area contributed by atoms with Crippen LogP contribution >= 0.6 is 0 Å². The molecule has 2 rings (SSSR count). The minimum absolute atomic E-state index is 0.0201. The molecule has 0 fully saturated rings. The first-order valence-electron chi connectivity index (χ1n) is 6.67. The number of furan rings is 1. The van der Waals surface area contributed by atoms with E-state index in [1.54, 1.807) is 18.2 Å². The van der Waals surface area contributed by atoms with Gasteiger partial charge in [-0.15, -0.1) is 0 Å². The van der Waals surface area contributed by atoms with Crippen molar-refractivity contribution in [2.75, 3.05) is 6.54 Å². The standard InChI is InChI=1S/C16H16FNO4/c1-16(2,15(20)21)9-18-14(19)13-8-7-12(22-13)10-3-5-11(17)6-4-10/h3-8H,9H2,1-2H3,(H,18,19)(H,20,21). The van der Waals surface area contributed by atoms with E-state index in [2.05, 4.69) is 5.32 Å². The number of hydrogen-bond donors (Lipinski definition) is 2. The predicted octanol–water partition coefficient (Wildman–Crippen LogP) is 2.93. The van der Waals surface area contributed by atoms with Crippen LogP contribution in [-0.4, -0.2) is 23.5 Å². The zero-order chi connectivity index (χ0) is 16.3. The molecule has 116 valence electrons. The Kier molecular flexibility index (Phi) is 4.30. The quantitative estimate of drug-likeness (QED) is 0.890. The largest absolute Gasteiger partial charge is 0.481 e. The number of carbonyl (C=O) groups excluding carboxylic acids is 1. The molecule has 22 heavy (non-hydrogen) atoms. The Hall–Kier alpha value is -2.63. The minimum Gasteiger partial charge on any atom is -0.481 e. The van der Waals surface area contributed by atoms with E-state index in [0.717, 1.165) is 0 Å². The average molecular weight is 305 g/mol. The molecule has 0 atom stereocenters. The predicted molar refractivity (Wildman–Crippen MR) is 77.9 cm³/mol. The zero-order valence-electron chi connectivity index (χ0n) is 12.2.